The fourth-order valence-electron chi connectivity index (χ4n) is 3.68. The van der Waals surface area contributed by atoms with Gasteiger partial charge in [0, 0.05) is 31.3 Å². The number of likely N-dealkylation sites (N-methyl/N-ethyl adjacent to an activating group) is 1. The van der Waals surface area contributed by atoms with Gasteiger partial charge in [0.25, 0.3) is 0 Å². The van der Waals surface area contributed by atoms with Crippen LogP contribution in [0.15, 0.2) is 42.5 Å². The van der Waals surface area contributed by atoms with Crippen LogP contribution >= 0.6 is 0 Å². The van der Waals surface area contributed by atoms with Crippen LogP contribution < -0.4 is 15.0 Å². The summed E-state index contributed by atoms with van der Waals surface area (Å²) < 4.78 is 5.37. The Morgan fingerprint density at radius 1 is 1.10 bits per heavy atom. The number of rotatable bonds is 10. The summed E-state index contributed by atoms with van der Waals surface area (Å²) in [7, 11) is 3.82. The first-order valence-corrected chi connectivity index (χ1v) is 10.9. The standard InChI is InChI=1S/C23H30N2O2.C2H6/c1-25-16-13-19-17-20(10-11-21(19)25)22(26)8-5-6-14-24-15-12-18-7-3-4-9-23(18)27-2;1-2/h3-4,7,9-11,17,24H,5-6,8,12-16H2,1-2H3;1-2H3. The van der Waals surface area contributed by atoms with Crippen LogP contribution in [0.5, 0.6) is 5.75 Å². The van der Waals surface area contributed by atoms with E-state index in [1.807, 2.05) is 38.1 Å². The van der Waals surface area contributed by atoms with Crippen LogP contribution in [0.25, 0.3) is 0 Å². The van der Waals surface area contributed by atoms with E-state index in [4.69, 9.17) is 4.74 Å². The lowest BCUT2D eigenvalue weighted by Crippen LogP contribution is -2.19. The molecule has 29 heavy (non-hydrogen) atoms. The third-order valence-electron chi connectivity index (χ3n) is 5.30. The lowest BCUT2D eigenvalue weighted by atomic mass is 10.0. The molecule has 0 aromatic heterocycles. The molecule has 1 aliphatic heterocycles. The molecule has 1 aliphatic rings. The number of nitrogens with zero attached hydrogens (tertiary/aromatic N) is 1. The summed E-state index contributed by atoms with van der Waals surface area (Å²) in [5.74, 6) is 1.21. The number of carbonyl (C=O) groups excluding carboxylic acids is 1. The summed E-state index contributed by atoms with van der Waals surface area (Å²) in [6.45, 7) is 6.91. The number of ketones is 1. The lowest BCUT2D eigenvalue weighted by Gasteiger charge is -2.12. The fraction of sp³-hybridized carbons (Fsp3) is 0.480. The van der Waals surface area contributed by atoms with E-state index >= 15 is 0 Å². The molecule has 4 heteroatoms. The Bertz CT molecular complexity index is 773. The molecule has 0 saturated carbocycles. The van der Waals surface area contributed by atoms with E-state index in [0.717, 1.165) is 56.6 Å². The second-order valence-electron chi connectivity index (χ2n) is 7.21. The molecule has 4 nitrogen and oxygen atoms in total. The van der Waals surface area contributed by atoms with Crippen LogP contribution in [0, 0.1) is 0 Å². The maximum absolute atomic E-state index is 12.4. The minimum Gasteiger partial charge on any atom is -0.496 e. The van der Waals surface area contributed by atoms with Crippen molar-refractivity contribution >= 4 is 11.5 Å². The van der Waals surface area contributed by atoms with E-state index in [-0.39, 0.29) is 5.78 Å². The Morgan fingerprint density at radius 3 is 2.69 bits per heavy atom. The van der Waals surface area contributed by atoms with E-state index in [1.54, 1.807) is 7.11 Å². The molecule has 0 amide bonds. The molecule has 0 fully saturated rings. The average molecular weight is 397 g/mol. The molecular weight excluding hydrogens is 360 g/mol. The smallest absolute Gasteiger partial charge is 0.162 e. The van der Waals surface area contributed by atoms with Crippen molar-refractivity contribution in [2.24, 2.45) is 0 Å². The molecule has 2 aromatic carbocycles. The molecule has 0 unspecified atom stereocenters. The monoisotopic (exact) mass is 396 g/mol. The number of methoxy groups -OCH3 is 1. The highest BCUT2D eigenvalue weighted by molar-refractivity contribution is 5.96. The number of ether oxygens (including phenoxy) is 1. The number of hydrogen-bond acceptors (Lipinski definition) is 4. The maximum Gasteiger partial charge on any atom is 0.162 e. The largest absolute Gasteiger partial charge is 0.496 e. The number of nitrogens with one attached hydrogen (secondary N) is 1. The van der Waals surface area contributed by atoms with Gasteiger partial charge in [-0.1, -0.05) is 32.0 Å². The molecule has 0 aliphatic carbocycles. The van der Waals surface area contributed by atoms with Crippen LogP contribution in [-0.4, -0.2) is 39.6 Å². The predicted molar refractivity (Wildman–Crippen MR) is 123 cm³/mol. The first kappa shape index (κ1) is 23.0. The molecule has 0 radical (unpaired) electrons. The van der Waals surface area contributed by atoms with Crippen molar-refractivity contribution in [1.29, 1.82) is 0 Å². The molecule has 158 valence electrons. The molecular formula is C25H36N2O2. The van der Waals surface area contributed by atoms with Gasteiger partial charge in [-0.3, -0.25) is 4.79 Å². The molecule has 2 aromatic rings. The number of fused-ring (bicyclic) bond motifs is 1. The highest BCUT2D eigenvalue weighted by Gasteiger charge is 2.17. The van der Waals surface area contributed by atoms with Gasteiger partial charge < -0.3 is 15.0 Å². The summed E-state index contributed by atoms with van der Waals surface area (Å²) in [4.78, 5) is 14.7. The number of anilines is 1. The van der Waals surface area contributed by atoms with Crippen molar-refractivity contribution in [2.75, 3.05) is 38.7 Å². The molecule has 0 atom stereocenters. The van der Waals surface area contributed by atoms with Crippen LogP contribution in [0.2, 0.25) is 0 Å². The third kappa shape index (κ3) is 6.60. The number of benzene rings is 2. The van der Waals surface area contributed by atoms with Gasteiger partial charge in [-0.2, -0.15) is 0 Å². The molecule has 0 saturated heterocycles. The van der Waals surface area contributed by atoms with Crippen molar-refractivity contribution in [3.05, 3.63) is 59.2 Å². The zero-order valence-electron chi connectivity index (χ0n) is 18.5. The zero-order valence-corrected chi connectivity index (χ0v) is 18.5. The van der Waals surface area contributed by atoms with Crippen molar-refractivity contribution in [2.45, 2.75) is 46.0 Å². The topological polar surface area (TPSA) is 41.6 Å². The SMILES string of the molecule is CC.COc1ccccc1CCNCCCCC(=O)c1ccc2c(c1)CCN2C. The van der Waals surface area contributed by atoms with Crippen LogP contribution in [0.4, 0.5) is 5.69 Å². The van der Waals surface area contributed by atoms with Crippen molar-refractivity contribution in [3.8, 4) is 5.75 Å². The Kier molecular flexibility index (Phi) is 9.72. The van der Waals surface area contributed by atoms with Gasteiger partial charge in [0.1, 0.15) is 5.75 Å². The van der Waals surface area contributed by atoms with Gasteiger partial charge in [-0.05, 0) is 74.2 Å². The van der Waals surface area contributed by atoms with Crippen LogP contribution in [-0.2, 0) is 12.8 Å². The minimum atomic E-state index is 0.265. The molecule has 1 heterocycles. The Balaban J connectivity index is 0.00000145. The van der Waals surface area contributed by atoms with Crippen molar-refractivity contribution in [3.63, 3.8) is 0 Å². The third-order valence-corrected chi connectivity index (χ3v) is 5.30. The predicted octanol–water partition coefficient (Wildman–Crippen LogP) is 4.90. The van der Waals surface area contributed by atoms with Gasteiger partial charge >= 0.3 is 0 Å². The highest BCUT2D eigenvalue weighted by Crippen LogP contribution is 2.27. The van der Waals surface area contributed by atoms with E-state index < -0.39 is 0 Å². The highest BCUT2D eigenvalue weighted by atomic mass is 16.5. The fourth-order valence-corrected chi connectivity index (χ4v) is 3.68. The molecule has 1 N–H and O–H groups in total. The maximum atomic E-state index is 12.4. The normalized spacial score (nSPS) is 12.2. The molecule has 3 rings (SSSR count). The number of Topliss-reactive ketones (excluding diaryl/α,β-unsaturated/α-hetero) is 1. The summed E-state index contributed by atoms with van der Waals surface area (Å²) >= 11 is 0. The van der Waals surface area contributed by atoms with E-state index in [1.165, 1.54) is 16.8 Å². The second kappa shape index (κ2) is 12.3. The minimum absolute atomic E-state index is 0.265. The van der Waals surface area contributed by atoms with Crippen LogP contribution in [0.3, 0.4) is 0 Å². The van der Waals surface area contributed by atoms with Gasteiger partial charge in [0.05, 0.1) is 7.11 Å². The Labute approximate surface area is 176 Å². The van der Waals surface area contributed by atoms with Crippen LogP contribution in [0.1, 0.15) is 54.6 Å². The Hall–Kier alpha value is -2.33. The number of para-hydroxylation sites is 1. The molecule has 0 spiro atoms. The number of unbranched alkanes of at least 4 members (excludes halogenated alkanes) is 1. The quantitative estimate of drug-likeness (QED) is 0.458. The first-order valence-electron chi connectivity index (χ1n) is 10.9. The summed E-state index contributed by atoms with van der Waals surface area (Å²) in [6, 6.07) is 14.3. The second-order valence-corrected chi connectivity index (χ2v) is 7.21. The van der Waals surface area contributed by atoms with E-state index in [0.29, 0.717) is 6.42 Å². The number of carbonyl (C=O) groups is 1. The van der Waals surface area contributed by atoms with Gasteiger partial charge in [-0.25, -0.2) is 0 Å². The van der Waals surface area contributed by atoms with Gasteiger partial charge in [0.2, 0.25) is 0 Å². The summed E-state index contributed by atoms with van der Waals surface area (Å²) in [5, 5.41) is 3.47. The summed E-state index contributed by atoms with van der Waals surface area (Å²) in [5.41, 5.74) is 4.67. The van der Waals surface area contributed by atoms with Crippen molar-refractivity contribution < 1.29 is 9.53 Å². The van der Waals surface area contributed by atoms with Gasteiger partial charge in [0.15, 0.2) is 5.78 Å². The average Bonchev–Trinajstić information content (AvgIpc) is 3.14. The Morgan fingerprint density at radius 2 is 1.90 bits per heavy atom. The van der Waals surface area contributed by atoms with Gasteiger partial charge in [-0.15, -0.1) is 0 Å². The summed E-state index contributed by atoms with van der Waals surface area (Å²) in [6.07, 6.45) is 4.57. The van der Waals surface area contributed by atoms with Crippen molar-refractivity contribution in [1.82, 2.24) is 5.32 Å². The number of hydrogen-bond donors (Lipinski definition) is 1. The first-order chi connectivity index (χ1) is 14.2. The zero-order chi connectivity index (χ0) is 21.1. The molecule has 0 bridgehead atoms. The van der Waals surface area contributed by atoms with E-state index in [2.05, 4.69) is 35.5 Å². The lowest BCUT2D eigenvalue weighted by molar-refractivity contribution is 0.0979. The van der Waals surface area contributed by atoms with E-state index in [9.17, 15) is 4.79 Å².